The number of Topliss-reactive ketones (excluding diaryl/α,β-unsaturated/α-hetero) is 1. The van der Waals surface area contributed by atoms with E-state index < -0.39 is 0 Å². The molecule has 0 aromatic heterocycles. The largest absolute Gasteiger partial charge is 0.482 e. The van der Waals surface area contributed by atoms with Crippen LogP contribution in [-0.2, 0) is 4.79 Å². The van der Waals surface area contributed by atoms with Crippen LogP contribution < -0.4 is 4.74 Å². The molecule has 2 aromatic rings. The Hall–Kier alpha value is -2.04. The average Bonchev–Trinajstić information content (AvgIpc) is 2.67. The molecule has 1 saturated heterocycles. The second-order valence-corrected chi connectivity index (χ2v) is 7.09. The zero-order valence-electron chi connectivity index (χ0n) is 14.2. The van der Waals surface area contributed by atoms with E-state index in [9.17, 15) is 9.59 Å². The van der Waals surface area contributed by atoms with E-state index in [4.69, 9.17) is 27.9 Å². The molecule has 0 aliphatic carbocycles. The van der Waals surface area contributed by atoms with Crippen LogP contribution in [0.2, 0.25) is 10.0 Å². The van der Waals surface area contributed by atoms with Crippen molar-refractivity contribution >= 4 is 34.9 Å². The van der Waals surface area contributed by atoms with Gasteiger partial charge >= 0.3 is 0 Å². The summed E-state index contributed by atoms with van der Waals surface area (Å²) in [6, 6.07) is 14.2. The fourth-order valence-corrected chi connectivity index (χ4v) is 3.52. The highest BCUT2D eigenvalue weighted by atomic mass is 35.5. The monoisotopic (exact) mass is 391 g/mol. The first kappa shape index (κ1) is 18.7. The molecule has 0 N–H and O–H groups in total. The van der Waals surface area contributed by atoms with E-state index in [-0.39, 0.29) is 24.2 Å². The molecule has 3 rings (SSSR count). The number of ketones is 1. The lowest BCUT2D eigenvalue weighted by Gasteiger charge is -2.31. The number of nitrogens with zero attached hydrogens (tertiary/aromatic N) is 1. The van der Waals surface area contributed by atoms with Gasteiger partial charge in [-0.25, -0.2) is 0 Å². The average molecular weight is 392 g/mol. The van der Waals surface area contributed by atoms with Gasteiger partial charge in [-0.2, -0.15) is 0 Å². The summed E-state index contributed by atoms with van der Waals surface area (Å²) >= 11 is 11.9. The molecule has 1 aliphatic rings. The zero-order chi connectivity index (χ0) is 18.5. The molecule has 4 nitrogen and oxygen atoms in total. The van der Waals surface area contributed by atoms with Gasteiger partial charge in [-0.1, -0.05) is 53.5 Å². The Balaban J connectivity index is 1.50. The van der Waals surface area contributed by atoms with Crippen molar-refractivity contribution in [1.29, 1.82) is 0 Å². The number of carbonyl (C=O) groups excluding carboxylic acids is 2. The number of piperidine rings is 1. The van der Waals surface area contributed by atoms with Crippen molar-refractivity contribution in [3.05, 3.63) is 64.1 Å². The predicted molar refractivity (Wildman–Crippen MR) is 102 cm³/mol. The number of hydrogen-bond acceptors (Lipinski definition) is 3. The van der Waals surface area contributed by atoms with E-state index in [2.05, 4.69) is 0 Å². The van der Waals surface area contributed by atoms with E-state index in [1.807, 2.05) is 30.3 Å². The Bertz CT molecular complexity index is 787. The van der Waals surface area contributed by atoms with Crippen LogP contribution in [0.5, 0.6) is 5.75 Å². The SMILES string of the molecule is O=C(c1ccccc1)C1CCN(C(=O)COc2ccc(Cl)cc2Cl)CC1. The molecule has 1 heterocycles. The molecule has 1 aliphatic heterocycles. The van der Waals surface area contributed by atoms with Gasteiger partial charge in [-0.15, -0.1) is 0 Å². The summed E-state index contributed by atoms with van der Waals surface area (Å²) in [5.74, 6) is 0.440. The van der Waals surface area contributed by atoms with Gasteiger partial charge in [0, 0.05) is 29.6 Å². The highest BCUT2D eigenvalue weighted by molar-refractivity contribution is 6.35. The minimum atomic E-state index is -0.110. The van der Waals surface area contributed by atoms with Crippen LogP contribution in [0.1, 0.15) is 23.2 Å². The Labute approximate surface area is 162 Å². The normalized spacial score (nSPS) is 14.9. The molecule has 1 amide bonds. The number of hydrogen-bond donors (Lipinski definition) is 0. The standard InChI is InChI=1S/C20H19Cl2NO3/c21-16-6-7-18(17(22)12-16)26-13-19(24)23-10-8-15(9-11-23)20(25)14-4-2-1-3-5-14/h1-7,12,15H,8-11,13H2. The van der Waals surface area contributed by atoms with E-state index in [0.29, 0.717) is 41.7 Å². The highest BCUT2D eigenvalue weighted by Gasteiger charge is 2.28. The maximum atomic E-state index is 12.5. The topological polar surface area (TPSA) is 46.6 Å². The third-order valence-electron chi connectivity index (χ3n) is 4.52. The summed E-state index contributed by atoms with van der Waals surface area (Å²) in [6.45, 7) is 1.03. The third kappa shape index (κ3) is 4.57. The maximum Gasteiger partial charge on any atom is 0.260 e. The quantitative estimate of drug-likeness (QED) is 0.705. The lowest BCUT2D eigenvalue weighted by molar-refractivity contribution is -0.134. The molecule has 0 bridgehead atoms. The number of benzene rings is 2. The fourth-order valence-electron chi connectivity index (χ4n) is 3.05. The number of amides is 1. The van der Waals surface area contributed by atoms with Crippen LogP contribution >= 0.6 is 23.2 Å². The zero-order valence-corrected chi connectivity index (χ0v) is 15.7. The Morgan fingerprint density at radius 3 is 2.38 bits per heavy atom. The van der Waals surface area contributed by atoms with Crippen LogP contribution in [0.15, 0.2) is 48.5 Å². The summed E-state index contributed by atoms with van der Waals surface area (Å²) in [4.78, 5) is 26.6. The molecule has 0 atom stereocenters. The maximum absolute atomic E-state index is 12.5. The Morgan fingerprint density at radius 1 is 1.04 bits per heavy atom. The predicted octanol–water partition coefficient (Wildman–Crippen LogP) is 4.49. The molecule has 0 unspecified atom stereocenters. The molecular weight excluding hydrogens is 373 g/mol. The summed E-state index contributed by atoms with van der Waals surface area (Å²) in [7, 11) is 0. The second kappa shape index (κ2) is 8.56. The van der Waals surface area contributed by atoms with Gasteiger partial charge < -0.3 is 9.64 Å². The van der Waals surface area contributed by atoms with Crippen LogP contribution in [0.25, 0.3) is 0 Å². The molecule has 0 spiro atoms. The first-order valence-electron chi connectivity index (χ1n) is 8.49. The number of carbonyl (C=O) groups is 2. The summed E-state index contributed by atoms with van der Waals surface area (Å²) < 4.78 is 5.50. The molecule has 0 saturated carbocycles. The number of rotatable bonds is 5. The van der Waals surface area contributed by atoms with E-state index in [0.717, 1.165) is 5.56 Å². The number of ether oxygens (including phenoxy) is 1. The molecule has 2 aromatic carbocycles. The van der Waals surface area contributed by atoms with Gasteiger partial charge in [-0.3, -0.25) is 9.59 Å². The first-order chi connectivity index (χ1) is 12.5. The molecule has 1 fully saturated rings. The summed E-state index contributed by atoms with van der Waals surface area (Å²) in [6.07, 6.45) is 1.34. The van der Waals surface area contributed by atoms with Gasteiger partial charge in [-0.05, 0) is 31.0 Å². The van der Waals surface area contributed by atoms with Gasteiger partial charge in [0.2, 0.25) is 0 Å². The molecular formula is C20H19Cl2NO3. The highest BCUT2D eigenvalue weighted by Crippen LogP contribution is 2.28. The van der Waals surface area contributed by atoms with Gasteiger partial charge in [0.15, 0.2) is 12.4 Å². The lowest BCUT2D eigenvalue weighted by atomic mass is 9.89. The van der Waals surface area contributed by atoms with Crippen molar-refractivity contribution in [1.82, 2.24) is 4.90 Å². The van der Waals surface area contributed by atoms with Crippen molar-refractivity contribution in [2.45, 2.75) is 12.8 Å². The van der Waals surface area contributed by atoms with E-state index in [1.54, 1.807) is 23.1 Å². The number of likely N-dealkylation sites (tertiary alicyclic amines) is 1. The van der Waals surface area contributed by atoms with Crippen molar-refractivity contribution < 1.29 is 14.3 Å². The first-order valence-corrected chi connectivity index (χ1v) is 9.25. The van der Waals surface area contributed by atoms with Gasteiger partial charge in [0.1, 0.15) is 5.75 Å². The summed E-state index contributed by atoms with van der Waals surface area (Å²) in [5, 5.41) is 0.885. The van der Waals surface area contributed by atoms with Gasteiger partial charge in [0.25, 0.3) is 5.91 Å². The van der Waals surface area contributed by atoms with Crippen LogP contribution in [0.3, 0.4) is 0 Å². The van der Waals surface area contributed by atoms with E-state index >= 15 is 0 Å². The minimum Gasteiger partial charge on any atom is -0.482 e. The van der Waals surface area contributed by atoms with Crippen molar-refractivity contribution in [3.63, 3.8) is 0 Å². The molecule has 136 valence electrons. The smallest absolute Gasteiger partial charge is 0.260 e. The summed E-state index contributed by atoms with van der Waals surface area (Å²) in [5.41, 5.74) is 0.734. The second-order valence-electron chi connectivity index (χ2n) is 6.25. The van der Waals surface area contributed by atoms with E-state index in [1.165, 1.54) is 0 Å². The number of halogens is 2. The minimum absolute atomic E-state index is 0.0342. The van der Waals surface area contributed by atoms with Crippen LogP contribution in [0.4, 0.5) is 0 Å². The Morgan fingerprint density at radius 2 is 1.73 bits per heavy atom. The van der Waals surface area contributed by atoms with Crippen molar-refractivity contribution in [2.24, 2.45) is 5.92 Å². The van der Waals surface area contributed by atoms with Crippen LogP contribution in [-0.4, -0.2) is 36.3 Å². The molecule has 0 radical (unpaired) electrons. The van der Waals surface area contributed by atoms with Gasteiger partial charge in [0.05, 0.1) is 5.02 Å². The van der Waals surface area contributed by atoms with Crippen molar-refractivity contribution in [3.8, 4) is 5.75 Å². The van der Waals surface area contributed by atoms with Crippen LogP contribution in [0, 0.1) is 5.92 Å². The van der Waals surface area contributed by atoms with Crippen molar-refractivity contribution in [2.75, 3.05) is 19.7 Å². The molecule has 6 heteroatoms. The lowest BCUT2D eigenvalue weighted by Crippen LogP contribution is -2.42. The molecule has 26 heavy (non-hydrogen) atoms. The Kier molecular flexibility index (Phi) is 6.17. The fraction of sp³-hybridized carbons (Fsp3) is 0.300. The third-order valence-corrected chi connectivity index (χ3v) is 5.05.